The Labute approximate surface area is 174 Å². The highest BCUT2D eigenvalue weighted by Crippen LogP contribution is 2.22. The van der Waals surface area contributed by atoms with Gasteiger partial charge in [0.1, 0.15) is 11.5 Å². The van der Waals surface area contributed by atoms with Crippen LogP contribution in [0.15, 0.2) is 47.4 Å². The number of nitrogens with two attached hydrogens (primary N) is 1. The van der Waals surface area contributed by atoms with E-state index in [-0.39, 0.29) is 5.56 Å². The van der Waals surface area contributed by atoms with Crippen molar-refractivity contribution in [1.82, 2.24) is 24.3 Å². The molecule has 1 aromatic carbocycles. The molecule has 3 aromatic heterocycles. The first-order valence-corrected chi connectivity index (χ1v) is 10.1. The number of aryl methyl sites for hydroxylation is 2. The molecule has 1 aliphatic heterocycles. The predicted molar refractivity (Wildman–Crippen MR) is 117 cm³/mol. The first kappa shape index (κ1) is 18.6. The third-order valence-electron chi connectivity index (χ3n) is 5.85. The molecule has 0 fully saturated rings. The maximum absolute atomic E-state index is 12.8. The lowest BCUT2D eigenvalue weighted by Crippen LogP contribution is -2.35. The Bertz CT molecular complexity index is 1300. The van der Waals surface area contributed by atoms with Crippen molar-refractivity contribution >= 4 is 11.3 Å². The lowest BCUT2D eigenvalue weighted by atomic mass is 10.1. The van der Waals surface area contributed by atoms with Gasteiger partial charge in [0.05, 0.1) is 22.6 Å². The van der Waals surface area contributed by atoms with Crippen molar-refractivity contribution in [2.75, 3.05) is 12.3 Å². The highest BCUT2D eigenvalue weighted by atomic mass is 16.1. The second kappa shape index (κ2) is 7.11. The number of aromatic amines is 1. The number of H-pyrrole nitrogens is 1. The number of hydrogen-bond acceptors (Lipinski definition) is 5. The maximum Gasteiger partial charge on any atom is 0.255 e. The summed E-state index contributed by atoms with van der Waals surface area (Å²) in [7, 11) is 0. The van der Waals surface area contributed by atoms with Crippen LogP contribution in [0.3, 0.4) is 0 Å². The molecular formula is C23H24N6O. The van der Waals surface area contributed by atoms with E-state index >= 15 is 0 Å². The summed E-state index contributed by atoms with van der Waals surface area (Å²) < 4.78 is 2.16. The van der Waals surface area contributed by atoms with E-state index in [1.165, 1.54) is 5.69 Å². The largest absolute Gasteiger partial charge is 0.399 e. The van der Waals surface area contributed by atoms with Crippen LogP contribution in [0.1, 0.15) is 28.2 Å². The molecule has 30 heavy (non-hydrogen) atoms. The van der Waals surface area contributed by atoms with Crippen LogP contribution >= 0.6 is 0 Å². The third kappa shape index (κ3) is 3.17. The molecule has 0 spiro atoms. The van der Waals surface area contributed by atoms with Gasteiger partial charge < -0.3 is 15.1 Å². The second-order valence-electron chi connectivity index (χ2n) is 7.95. The fourth-order valence-corrected chi connectivity index (χ4v) is 4.16. The van der Waals surface area contributed by atoms with Gasteiger partial charge in [0.2, 0.25) is 0 Å². The number of nitrogens with zero attached hydrogens (tertiary/aromatic N) is 4. The van der Waals surface area contributed by atoms with E-state index in [1.807, 2.05) is 37.3 Å². The van der Waals surface area contributed by atoms with Crippen LogP contribution in [0.25, 0.3) is 17.0 Å². The zero-order valence-corrected chi connectivity index (χ0v) is 17.1. The monoisotopic (exact) mass is 400 g/mol. The molecule has 152 valence electrons. The van der Waals surface area contributed by atoms with Crippen LogP contribution in [0.5, 0.6) is 0 Å². The second-order valence-corrected chi connectivity index (χ2v) is 7.95. The highest BCUT2D eigenvalue weighted by molar-refractivity contribution is 5.59. The van der Waals surface area contributed by atoms with Crippen molar-refractivity contribution < 1.29 is 0 Å². The van der Waals surface area contributed by atoms with E-state index in [1.54, 1.807) is 0 Å². The molecule has 0 unspecified atom stereocenters. The van der Waals surface area contributed by atoms with Gasteiger partial charge in [-0.25, -0.2) is 9.97 Å². The van der Waals surface area contributed by atoms with Gasteiger partial charge in [0.25, 0.3) is 5.56 Å². The lowest BCUT2D eigenvalue weighted by Gasteiger charge is -2.27. The number of pyridine rings is 1. The smallest absolute Gasteiger partial charge is 0.255 e. The highest BCUT2D eigenvalue weighted by Gasteiger charge is 2.23. The topological polar surface area (TPSA) is 92.3 Å². The van der Waals surface area contributed by atoms with E-state index in [9.17, 15) is 4.79 Å². The van der Waals surface area contributed by atoms with Gasteiger partial charge in [-0.15, -0.1) is 0 Å². The summed E-state index contributed by atoms with van der Waals surface area (Å²) >= 11 is 0. The summed E-state index contributed by atoms with van der Waals surface area (Å²) in [4.78, 5) is 27.6. The van der Waals surface area contributed by atoms with Crippen molar-refractivity contribution in [3.63, 3.8) is 0 Å². The van der Waals surface area contributed by atoms with Crippen LogP contribution in [-0.2, 0) is 19.5 Å². The summed E-state index contributed by atoms with van der Waals surface area (Å²) in [6.45, 7) is 6.30. The fourth-order valence-electron chi connectivity index (χ4n) is 4.16. The molecule has 0 saturated carbocycles. The minimum Gasteiger partial charge on any atom is -0.399 e. The third-order valence-corrected chi connectivity index (χ3v) is 5.85. The Hall–Kier alpha value is -3.45. The van der Waals surface area contributed by atoms with E-state index in [4.69, 9.17) is 15.7 Å². The molecule has 0 atom stereocenters. The van der Waals surface area contributed by atoms with Gasteiger partial charge in [-0.1, -0.05) is 6.07 Å². The number of benzene rings is 1. The van der Waals surface area contributed by atoms with Crippen molar-refractivity contribution in [2.45, 2.75) is 33.4 Å². The van der Waals surface area contributed by atoms with Gasteiger partial charge in [0.15, 0.2) is 0 Å². The molecule has 0 radical (unpaired) electrons. The first-order valence-electron chi connectivity index (χ1n) is 10.1. The zero-order chi connectivity index (χ0) is 20.8. The summed E-state index contributed by atoms with van der Waals surface area (Å²) in [6.07, 6.45) is 2.80. The summed E-state index contributed by atoms with van der Waals surface area (Å²) in [5, 5.41) is 0. The average Bonchev–Trinajstić information content (AvgIpc) is 3.06. The molecule has 0 saturated heterocycles. The molecule has 0 bridgehead atoms. The van der Waals surface area contributed by atoms with Crippen LogP contribution in [0, 0.1) is 13.8 Å². The average molecular weight is 400 g/mol. The SMILES string of the molecule is Cc1nc2c(C)cccn2c1CN1CCc2nc(-c3ccc(N)cc3)[nH]c(=O)c2C1. The number of rotatable bonds is 3. The van der Waals surface area contributed by atoms with Gasteiger partial charge in [-0.2, -0.15) is 0 Å². The quantitative estimate of drug-likeness (QED) is 0.516. The minimum atomic E-state index is -0.0674. The number of nitrogen functional groups attached to an aromatic ring is 1. The molecule has 3 N–H and O–H groups in total. The Balaban J connectivity index is 1.43. The Morgan fingerprint density at radius 1 is 1.13 bits per heavy atom. The predicted octanol–water partition coefficient (Wildman–Crippen LogP) is 2.84. The number of hydrogen-bond donors (Lipinski definition) is 2. The standard InChI is InChI=1S/C23H24N6O/c1-14-4-3-10-29-20(15(2)25-22(14)29)13-28-11-9-19-18(12-28)23(30)27-21(26-19)16-5-7-17(24)8-6-16/h3-8,10H,9,11-13,24H2,1-2H3,(H,26,27,30). The summed E-state index contributed by atoms with van der Waals surface area (Å²) in [5.74, 6) is 0.598. The molecule has 7 heteroatoms. The Morgan fingerprint density at radius 2 is 1.93 bits per heavy atom. The van der Waals surface area contributed by atoms with E-state index in [0.717, 1.165) is 53.2 Å². The van der Waals surface area contributed by atoms with Gasteiger partial charge in [0, 0.05) is 43.5 Å². The molecule has 0 aliphatic carbocycles. The normalized spacial score (nSPS) is 14.2. The van der Waals surface area contributed by atoms with Crippen LogP contribution in [0.2, 0.25) is 0 Å². The van der Waals surface area contributed by atoms with Gasteiger partial charge in [-0.3, -0.25) is 9.69 Å². The number of aromatic nitrogens is 4. The maximum atomic E-state index is 12.8. The number of nitrogens with one attached hydrogen (secondary N) is 1. The summed E-state index contributed by atoms with van der Waals surface area (Å²) in [6, 6.07) is 11.5. The Morgan fingerprint density at radius 3 is 2.73 bits per heavy atom. The number of fused-ring (bicyclic) bond motifs is 2. The molecule has 4 heterocycles. The van der Waals surface area contributed by atoms with Crippen LogP contribution < -0.4 is 11.3 Å². The van der Waals surface area contributed by atoms with Crippen molar-refractivity contribution in [3.05, 3.63) is 81.2 Å². The number of anilines is 1. The van der Waals surface area contributed by atoms with Crippen molar-refractivity contribution in [3.8, 4) is 11.4 Å². The minimum absolute atomic E-state index is 0.0674. The van der Waals surface area contributed by atoms with E-state index in [2.05, 4.69) is 33.5 Å². The fraction of sp³-hybridized carbons (Fsp3) is 0.261. The van der Waals surface area contributed by atoms with Crippen molar-refractivity contribution in [2.24, 2.45) is 0 Å². The molecular weight excluding hydrogens is 376 g/mol. The van der Waals surface area contributed by atoms with Crippen molar-refractivity contribution in [1.29, 1.82) is 0 Å². The van der Waals surface area contributed by atoms with Crippen LogP contribution in [-0.4, -0.2) is 30.8 Å². The Kier molecular flexibility index (Phi) is 4.40. The molecule has 7 nitrogen and oxygen atoms in total. The van der Waals surface area contributed by atoms with Crippen LogP contribution in [0.4, 0.5) is 5.69 Å². The first-order chi connectivity index (χ1) is 14.5. The van der Waals surface area contributed by atoms with E-state index < -0.39 is 0 Å². The molecule has 0 amide bonds. The summed E-state index contributed by atoms with van der Waals surface area (Å²) in [5.41, 5.74) is 13.2. The van der Waals surface area contributed by atoms with E-state index in [0.29, 0.717) is 18.1 Å². The lowest BCUT2D eigenvalue weighted by molar-refractivity contribution is 0.238. The molecule has 4 aromatic rings. The number of imidazole rings is 1. The zero-order valence-electron chi connectivity index (χ0n) is 17.1. The molecule has 5 rings (SSSR count). The van der Waals surface area contributed by atoms with Gasteiger partial charge in [-0.05, 0) is 49.7 Å². The molecule has 1 aliphatic rings. The van der Waals surface area contributed by atoms with Gasteiger partial charge >= 0.3 is 0 Å².